The van der Waals surface area contributed by atoms with Gasteiger partial charge in [-0.1, -0.05) is 6.92 Å². The standard InChI is InChI=1S/C18H29N3/c1-13-4-8-17(9-5-13)21(3)18-14(2)10-15(12-20-18)11-19-16-6-7-16/h10,12-13,16-17,19H,4-9,11H2,1-3H3. The Bertz CT molecular complexity index is 473. The maximum atomic E-state index is 4.76. The van der Waals surface area contributed by atoms with Crippen molar-refractivity contribution in [2.24, 2.45) is 5.92 Å². The Morgan fingerprint density at radius 2 is 1.90 bits per heavy atom. The van der Waals surface area contributed by atoms with Crippen LogP contribution in [0.1, 0.15) is 56.6 Å². The largest absolute Gasteiger partial charge is 0.356 e. The molecule has 0 spiro atoms. The first-order valence-electron chi connectivity index (χ1n) is 8.55. The Kier molecular flexibility index (Phi) is 4.48. The van der Waals surface area contributed by atoms with Crippen LogP contribution in [-0.2, 0) is 6.54 Å². The van der Waals surface area contributed by atoms with Gasteiger partial charge in [0.2, 0.25) is 0 Å². The van der Waals surface area contributed by atoms with Crippen molar-refractivity contribution in [3.8, 4) is 0 Å². The third kappa shape index (κ3) is 3.76. The van der Waals surface area contributed by atoms with E-state index in [1.165, 1.54) is 55.5 Å². The van der Waals surface area contributed by atoms with E-state index in [2.05, 4.69) is 43.4 Å². The molecule has 2 saturated carbocycles. The van der Waals surface area contributed by atoms with E-state index >= 15 is 0 Å². The highest BCUT2D eigenvalue weighted by Crippen LogP contribution is 2.30. The Labute approximate surface area is 129 Å². The van der Waals surface area contributed by atoms with Gasteiger partial charge in [0, 0.05) is 31.9 Å². The molecule has 3 nitrogen and oxygen atoms in total. The molecule has 0 aromatic carbocycles. The van der Waals surface area contributed by atoms with Gasteiger partial charge < -0.3 is 10.2 Å². The first-order chi connectivity index (χ1) is 10.1. The molecule has 1 aromatic rings. The number of hydrogen-bond acceptors (Lipinski definition) is 3. The number of hydrogen-bond donors (Lipinski definition) is 1. The van der Waals surface area contributed by atoms with Crippen molar-refractivity contribution in [1.82, 2.24) is 10.3 Å². The summed E-state index contributed by atoms with van der Waals surface area (Å²) >= 11 is 0. The lowest BCUT2D eigenvalue weighted by Crippen LogP contribution is -2.35. The van der Waals surface area contributed by atoms with Crippen molar-refractivity contribution in [1.29, 1.82) is 0 Å². The van der Waals surface area contributed by atoms with Crippen molar-refractivity contribution in [2.45, 2.75) is 71.0 Å². The van der Waals surface area contributed by atoms with Gasteiger partial charge in [-0.05, 0) is 68.6 Å². The molecule has 0 bridgehead atoms. The molecule has 2 aliphatic rings. The Hall–Kier alpha value is -1.09. The Morgan fingerprint density at radius 1 is 1.19 bits per heavy atom. The zero-order valence-electron chi connectivity index (χ0n) is 13.7. The second-order valence-corrected chi connectivity index (χ2v) is 7.16. The number of nitrogens with zero attached hydrogens (tertiary/aromatic N) is 2. The zero-order chi connectivity index (χ0) is 14.8. The van der Waals surface area contributed by atoms with E-state index in [0.717, 1.165) is 18.5 Å². The first-order valence-corrected chi connectivity index (χ1v) is 8.55. The second kappa shape index (κ2) is 6.35. The number of aromatic nitrogens is 1. The van der Waals surface area contributed by atoms with Gasteiger partial charge in [-0.2, -0.15) is 0 Å². The molecule has 0 amide bonds. The van der Waals surface area contributed by atoms with Crippen LogP contribution >= 0.6 is 0 Å². The van der Waals surface area contributed by atoms with E-state index in [9.17, 15) is 0 Å². The number of pyridine rings is 1. The SMILES string of the molecule is Cc1cc(CNC2CC2)cnc1N(C)C1CCC(C)CC1. The van der Waals surface area contributed by atoms with Crippen LogP contribution in [0.4, 0.5) is 5.82 Å². The molecule has 1 N–H and O–H groups in total. The summed E-state index contributed by atoms with van der Waals surface area (Å²) in [6.45, 7) is 5.54. The van der Waals surface area contributed by atoms with Crippen LogP contribution in [0.15, 0.2) is 12.3 Å². The highest BCUT2D eigenvalue weighted by molar-refractivity contribution is 5.47. The molecule has 3 heteroatoms. The molecule has 0 atom stereocenters. The number of rotatable bonds is 5. The van der Waals surface area contributed by atoms with Crippen LogP contribution in [0.5, 0.6) is 0 Å². The summed E-state index contributed by atoms with van der Waals surface area (Å²) in [5.74, 6) is 2.07. The zero-order valence-corrected chi connectivity index (χ0v) is 13.7. The molecule has 0 unspecified atom stereocenters. The minimum atomic E-state index is 0.669. The van der Waals surface area contributed by atoms with E-state index in [4.69, 9.17) is 4.98 Å². The van der Waals surface area contributed by atoms with Crippen molar-refractivity contribution in [2.75, 3.05) is 11.9 Å². The maximum Gasteiger partial charge on any atom is 0.131 e. The number of anilines is 1. The molecular formula is C18H29N3. The highest BCUT2D eigenvalue weighted by atomic mass is 15.2. The molecule has 0 aliphatic heterocycles. The Balaban J connectivity index is 1.63. The fourth-order valence-corrected chi connectivity index (χ4v) is 3.44. The van der Waals surface area contributed by atoms with E-state index in [1.54, 1.807) is 0 Å². The molecule has 116 valence electrons. The molecule has 2 fully saturated rings. The summed E-state index contributed by atoms with van der Waals surface area (Å²) in [6, 6.07) is 3.74. The lowest BCUT2D eigenvalue weighted by atomic mass is 9.86. The predicted molar refractivity (Wildman–Crippen MR) is 88.7 cm³/mol. The minimum absolute atomic E-state index is 0.669. The van der Waals surface area contributed by atoms with Crippen LogP contribution in [0.2, 0.25) is 0 Å². The van der Waals surface area contributed by atoms with Crippen LogP contribution in [0.25, 0.3) is 0 Å². The van der Waals surface area contributed by atoms with Gasteiger partial charge in [0.05, 0.1) is 0 Å². The maximum absolute atomic E-state index is 4.76. The molecule has 1 heterocycles. The summed E-state index contributed by atoms with van der Waals surface area (Å²) in [5.41, 5.74) is 2.63. The van der Waals surface area contributed by atoms with Crippen molar-refractivity contribution in [3.05, 3.63) is 23.4 Å². The smallest absolute Gasteiger partial charge is 0.131 e. The van der Waals surface area contributed by atoms with Gasteiger partial charge in [-0.3, -0.25) is 0 Å². The first kappa shape index (κ1) is 14.8. The van der Waals surface area contributed by atoms with E-state index in [1.807, 2.05) is 0 Å². The monoisotopic (exact) mass is 287 g/mol. The van der Waals surface area contributed by atoms with Crippen LogP contribution in [-0.4, -0.2) is 24.1 Å². The van der Waals surface area contributed by atoms with Crippen LogP contribution < -0.4 is 10.2 Å². The van der Waals surface area contributed by atoms with Crippen LogP contribution in [0, 0.1) is 12.8 Å². The fraction of sp³-hybridized carbons (Fsp3) is 0.722. The summed E-state index contributed by atoms with van der Waals surface area (Å²) in [5, 5.41) is 3.56. The minimum Gasteiger partial charge on any atom is -0.356 e. The molecule has 3 rings (SSSR count). The summed E-state index contributed by atoms with van der Waals surface area (Å²) in [6.07, 6.45) is 10.1. The van der Waals surface area contributed by atoms with Gasteiger partial charge in [0.1, 0.15) is 5.82 Å². The molecule has 0 saturated heterocycles. The third-order valence-corrected chi connectivity index (χ3v) is 5.15. The van der Waals surface area contributed by atoms with Gasteiger partial charge in [-0.25, -0.2) is 4.98 Å². The molecular weight excluding hydrogens is 258 g/mol. The summed E-state index contributed by atoms with van der Waals surface area (Å²) in [7, 11) is 2.22. The van der Waals surface area contributed by atoms with Gasteiger partial charge in [0.15, 0.2) is 0 Å². The fourth-order valence-electron chi connectivity index (χ4n) is 3.44. The average molecular weight is 287 g/mol. The molecule has 1 aromatic heterocycles. The second-order valence-electron chi connectivity index (χ2n) is 7.16. The summed E-state index contributed by atoms with van der Waals surface area (Å²) < 4.78 is 0. The predicted octanol–water partition coefficient (Wildman–Crippen LogP) is 3.66. The lowest BCUT2D eigenvalue weighted by Gasteiger charge is -2.35. The van der Waals surface area contributed by atoms with Gasteiger partial charge in [-0.15, -0.1) is 0 Å². The summed E-state index contributed by atoms with van der Waals surface area (Å²) in [4.78, 5) is 7.17. The average Bonchev–Trinajstić information content (AvgIpc) is 3.29. The van der Waals surface area contributed by atoms with E-state index < -0.39 is 0 Å². The van der Waals surface area contributed by atoms with Crippen LogP contribution in [0.3, 0.4) is 0 Å². The van der Waals surface area contributed by atoms with Gasteiger partial charge in [0.25, 0.3) is 0 Å². The van der Waals surface area contributed by atoms with Crippen molar-refractivity contribution < 1.29 is 0 Å². The third-order valence-electron chi connectivity index (χ3n) is 5.15. The number of aryl methyl sites for hydroxylation is 1. The van der Waals surface area contributed by atoms with E-state index in [0.29, 0.717) is 6.04 Å². The quantitative estimate of drug-likeness (QED) is 0.896. The highest BCUT2D eigenvalue weighted by Gasteiger charge is 2.24. The molecule has 21 heavy (non-hydrogen) atoms. The Morgan fingerprint density at radius 3 is 2.52 bits per heavy atom. The topological polar surface area (TPSA) is 28.2 Å². The normalized spacial score (nSPS) is 25.9. The molecule has 0 radical (unpaired) electrons. The van der Waals surface area contributed by atoms with Gasteiger partial charge >= 0.3 is 0 Å². The van der Waals surface area contributed by atoms with Crippen molar-refractivity contribution >= 4 is 5.82 Å². The molecule has 2 aliphatic carbocycles. The lowest BCUT2D eigenvalue weighted by molar-refractivity contribution is 0.340. The van der Waals surface area contributed by atoms with Crippen molar-refractivity contribution in [3.63, 3.8) is 0 Å². The van der Waals surface area contributed by atoms with E-state index in [-0.39, 0.29) is 0 Å². The number of nitrogens with one attached hydrogen (secondary N) is 1.